The number of aromatic nitrogens is 2. The van der Waals surface area contributed by atoms with Gasteiger partial charge in [-0.3, -0.25) is 0 Å². The molecular weight excluding hydrogens is 334 g/mol. The Kier molecular flexibility index (Phi) is 4.47. The number of hydrogen-bond donors (Lipinski definition) is 0. The van der Waals surface area contributed by atoms with Gasteiger partial charge in [-0.15, -0.1) is 0 Å². The van der Waals surface area contributed by atoms with Crippen LogP contribution in [-0.4, -0.2) is 19.1 Å². The molecule has 0 radical (unpaired) electrons. The topological polar surface area (TPSA) is 33.2 Å². The number of hydrogen-bond acceptors (Lipinski definition) is 3. The molecule has 0 aliphatic heterocycles. The fourth-order valence-electron chi connectivity index (χ4n) is 3.03. The first-order valence-electron chi connectivity index (χ1n) is 8.92. The summed E-state index contributed by atoms with van der Waals surface area (Å²) in [4.78, 5) is 6.71. The zero-order chi connectivity index (χ0) is 18.8. The van der Waals surface area contributed by atoms with Crippen molar-refractivity contribution in [1.29, 1.82) is 0 Å². The highest BCUT2D eigenvalue weighted by Crippen LogP contribution is 2.22. The van der Waals surface area contributed by atoms with E-state index in [1.54, 1.807) is 0 Å². The van der Waals surface area contributed by atoms with E-state index >= 15 is 0 Å². The Hall–Kier alpha value is -3.40. The lowest BCUT2D eigenvalue weighted by Gasteiger charge is -2.11. The van der Waals surface area contributed by atoms with E-state index in [0.717, 1.165) is 28.1 Å². The number of para-hydroxylation sites is 2. The van der Waals surface area contributed by atoms with Crippen LogP contribution >= 0.6 is 0 Å². The molecule has 0 bridgehead atoms. The predicted octanol–water partition coefficient (Wildman–Crippen LogP) is 4.56. The zero-order valence-electron chi connectivity index (χ0n) is 15.8. The van der Waals surface area contributed by atoms with Crippen LogP contribution in [-0.2, 0) is 7.05 Å². The van der Waals surface area contributed by atoms with Gasteiger partial charge in [0.1, 0.15) is 12.6 Å². The van der Waals surface area contributed by atoms with E-state index in [1.165, 1.54) is 5.69 Å². The quantitative estimate of drug-likeness (QED) is 0.503. The fraction of sp³-hybridized carbons (Fsp3) is 0.130. The van der Waals surface area contributed by atoms with Gasteiger partial charge in [0.25, 0.3) is 11.6 Å². The lowest BCUT2D eigenvalue weighted by molar-refractivity contribution is -0.662. The van der Waals surface area contributed by atoms with Crippen molar-refractivity contribution in [2.24, 2.45) is 7.05 Å². The molecule has 0 aliphatic carbocycles. The molecule has 0 unspecified atom stereocenters. The van der Waals surface area contributed by atoms with Crippen LogP contribution in [0.2, 0.25) is 0 Å². The highest BCUT2D eigenvalue weighted by molar-refractivity contribution is 5.75. The lowest BCUT2D eigenvalue weighted by atomic mass is 10.1. The third-order valence-corrected chi connectivity index (χ3v) is 4.64. The number of pyridine rings is 1. The van der Waals surface area contributed by atoms with E-state index in [4.69, 9.17) is 4.42 Å². The minimum absolute atomic E-state index is 0.629. The molecule has 0 saturated carbocycles. The largest absolute Gasteiger partial charge is 0.432 e. The van der Waals surface area contributed by atoms with Crippen molar-refractivity contribution in [3.05, 3.63) is 78.0 Å². The van der Waals surface area contributed by atoms with Gasteiger partial charge in [-0.1, -0.05) is 24.3 Å². The molecule has 0 atom stereocenters. The molecule has 0 amide bonds. The summed E-state index contributed by atoms with van der Waals surface area (Å²) in [7, 11) is 6.11. The molecule has 2 aromatic carbocycles. The second-order valence-corrected chi connectivity index (χ2v) is 6.70. The van der Waals surface area contributed by atoms with Gasteiger partial charge in [-0.05, 0) is 42.0 Å². The Morgan fingerprint density at radius 1 is 0.889 bits per heavy atom. The highest BCUT2D eigenvalue weighted by atomic mass is 16.3. The van der Waals surface area contributed by atoms with E-state index < -0.39 is 0 Å². The average molecular weight is 356 g/mol. The Morgan fingerprint density at radius 2 is 1.67 bits per heavy atom. The maximum atomic E-state index is 5.93. The zero-order valence-corrected chi connectivity index (χ0v) is 15.8. The second kappa shape index (κ2) is 7.08. The third kappa shape index (κ3) is 3.47. The SMILES string of the molecule is CN(C)c1ccc(/C=C/c2cccc(-c3nc4ccccc4o3)[n+]2C)cc1. The average Bonchev–Trinajstić information content (AvgIpc) is 3.11. The maximum absolute atomic E-state index is 5.93. The van der Waals surface area contributed by atoms with E-state index in [0.29, 0.717) is 5.89 Å². The van der Waals surface area contributed by atoms with Crippen molar-refractivity contribution in [1.82, 2.24) is 4.98 Å². The lowest BCUT2D eigenvalue weighted by Crippen LogP contribution is -2.34. The van der Waals surface area contributed by atoms with Crippen molar-refractivity contribution in [2.75, 3.05) is 19.0 Å². The van der Waals surface area contributed by atoms with Crippen molar-refractivity contribution < 1.29 is 8.98 Å². The first-order chi connectivity index (χ1) is 13.1. The first-order valence-corrected chi connectivity index (χ1v) is 8.92. The van der Waals surface area contributed by atoms with Crippen LogP contribution in [0.15, 0.2) is 71.1 Å². The monoisotopic (exact) mass is 356 g/mol. The fourth-order valence-corrected chi connectivity index (χ4v) is 3.03. The molecular formula is C23H22N3O+. The van der Waals surface area contributed by atoms with Crippen LogP contribution in [0.3, 0.4) is 0 Å². The molecule has 4 aromatic rings. The molecule has 2 heterocycles. The molecule has 0 saturated heterocycles. The molecule has 0 fully saturated rings. The maximum Gasteiger partial charge on any atom is 0.294 e. The predicted molar refractivity (Wildman–Crippen MR) is 110 cm³/mol. The third-order valence-electron chi connectivity index (χ3n) is 4.64. The van der Waals surface area contributed by atoms with Gasteiger partial charge in [0.15, 0.2) is 5.58 Å². The van der Waals surface area contributed by atoms with Gasteiger partial charge in [0.2, 0.25) is 5.69 Å². The number of anilines is 1. The van der Waals surface area contributed by atoms with Crippen molar-refractivity contribution in [2.45, 2.75) is 0 Å². The summed E-state index contributed by atoms with van der Waals surface area (Å²) >= 11 is 0. The minimum atomic E-state index is 0.629. The minimum Gasteiger partial charge on any atom is -0.432 e. The van der Waals surface area contributed by atoms with Crippen LogP contribution < -0.4 is 9.47 Å². The van der Waals surface area contributed by atoms with Gasteiger partial charge in [-0.2, -0.15) is 4.57 Å². The first kappa shape index (κ1) is 17.0. The summed E-state index contributed by atoms with van der Waals surface area (Å²) in [6, 6.07) is 22.4. The van der Waals surface area contributed by atoms with E-state index in [1.807, 2.05) is 57.5 Å². The summed E-state index contributed by atoms with van der Waals surface area (Å²) in [5.41, 5.74) is 6.04. The number of fused-ring (bicyclic) bond motifs is 1. The Bertz CT molecular complexity index is 1080. The van der Waals surface area contributed by atoms with Gasteiger partial charge in [0.05, 0.1) is 0 Å². The smallest absolute Gasteiger partial charge is 0.294 e. The van der Waals surface area contributed by atoms with E-state index in [9.17, 15) is 0 Å². The molecule has 0 N–H and O–H groups in total. The van der Waals surface area contributed by atoms with Crippen LogP contribution in [0.4, 0.5) is 5.69 Å². The summed E-state index contributed by atoms with van der Waals surface area (Å²) in [5.74, 6) is 0.629. The summed E-state index contributed by atoms with van der Waals surface area (Å²) in [6.45, 7) is 0. The molecule has 4 heteroatoms. The van der Waals surface area contributed by atoms with Crippen LogP contribution in [0.5, 0.6) is 0 Å². The molecule has 4 rings (SSSR count). The van der Waals surface area contributed by atoms with E-state index in [-0.39, 0.29) is 0 Å². The Labute approximate surface area is 159 Å². The normalized spacial score (nSPS) is 11.4. The number of oxazole rings is 1. The molecule has 134 valence electrons. The number of nitrogens with zero attached hydrogens (tertiary/aromatic N) is 3. The van der Waals surface area contributed by atoms with Crippen molar-refractivity contribution in [3.8, 4) is 11.6 Å². The molecule has 4 nitrogen and oxygen atoms in total. The summed E-state index contributed by atoms with van der Waals surface area (Å²) in [5, 5.41) is 0. The van der Waals surface area contributed by atoms with Crippen molar-refractivity contribution in [3.63, 3.8) is 0 Å². The number of rotatable bonds is 4. The number of benzene rings is 2. The molecule has 27 heavy (non-hydrogen) atoms. The molecule has 0 aliphatic rings. The molecule has 0 spiro atoms. The standard InChI is InChI=1S/C23H22N3O/c1-25(2)18-14-11-17(12-15-18)13-16-19-7-6-9-21(26(19)3)23-24-20-8-4-5-10-22(20)27-23/h4-16H,1-3H3/q+1. The van der Waals surface area contributed by atoms with Crippen LogP contribution in [0, 0.1) is 0 Å². The van der Waals surface area contributed by atoms with Gasteiger partial charge in [0, 0.05) is 38.0 Å². The Balaban J connectivity index is 1.65. The highest BCUT2D eigenvalue weighted by Gasteiger charge is 2.18. The van der Waals surface area contributed by atoms with Gasteiger partial charge in [-0.25, -0.2) is 4.98 Å². The van der Waals surface area contributed by atoms with Crippen molar-refractivity contribution >= 4 is 28.9 Å². The van der Waals surface area contributed by atoms with Crippen LogP contribution in [0.25, 0.3) is 34.8 Å². The summed E-state index contributed by atoms with van der Waals surface area (Å²) in [6.07, 6.45) is 4.22. The van der Waals surface area contributed by atoms with Gasteiger partial charge < -0.3 is 9.32 Å². The van der Waals surface area contributed by atoms with Crippen LogP contribution in [0.1, 0.15) is 11.3 Å². The molecule has 2 aromatic heterocycles. The van der Waals surface area contributed by atoms with Gasteiger partial charge >= 0.3 is 0 Å². The second-order valence-electron chi connectivity index (χ2n) is 6.70. The Morgan fingerprint density at radius 3 is 2.41 bits per heavy atom. The summed E-state index contributed by atoms with van der Waals surface area (Å²) < 4.78 is 8.02. The van der Waals surface area contributed by atoms with E-state index in [2.05, 4.69) is 56.9 Å².